The molecular formula is C17H23ClN2O3S. The van der Waals surface area contributed by atoms with Gasteiger partial charge < -0.3 is 5.32 Å². The molecule has 0 aromatic heterocycles. The number of rotatable bonds is 5. The summed E-state index contributed by atoms with van der Waals surface area (Å²) < 4.78 is 27.8. The highest BCUT2D eigenvalue weighted by atomic mass is 35.5. The van der Waals surface area contributed by atoms with E-state index in [1.54, 1.807) is 12.1 Å². The smallest absolute Gasteiger partial charge is 0.240 e. The van der Waals surface area contributed by atoms with Crippen molar-refractivity contribution in [2.75, 3.05) is 13.1 Å². The second-order valence-electron chi connectivity index (χ2n) is 6.94. The van der Waals surface area contributed by atoms with Gasteiger partial charge in [0.2, 0.25) is 10.0 Å². The molecule has 1 aromatic rings. The molecule has 1 aliphatic heterocycles. The van der Waals surface area contributed by atoms with E-state index >= 15 is 0 Å². The van der Waals surface area contributed by atoms with Crippen molar-refractivity contribution in [3.8, 4) is 0 Å². The third-order valence-electron chi connectivity index (χ3n) is 5.44. The first-order valence-electron chi connectivity index (χ1n) is 8.44. The molecule has 132 valence electrons. The van der Waals surface area contributed by atoms with Gasteiger partial charge in [0.05, 0.1) is 4.90 Å². The van der Waals surface area contributed by atoms with E-state index in [1.165, 1.54) is 18.9 Å². The Kier molecular flexibility index (Phi) is 5.02. The first-order chi connectivity index (χ1) is 11.0. The average Bonchev–Trinajstić information content (AvgIpc) is 3.16. The zero-order valence-electron chi connectivity index (χ0n) is 13.5. The van der Waals surface area contributed by atoms with Crippen molar-refractivity contribution in [1.82, 2.24) is 10.0 Å². The van der Waals surface area contributed by atoms with Gasteiger partial charge in [-0.25, -0.2) is 13.1 Å². The molecule has 0 radical (unpaired) electrons. The molecule has 1 heterocycles. The molecule has 4 rings (SSSR count). The Morgan fingerprint density at radius 2 is 1.96 bits per heavy atom. The number of halogens is 1. The number of carbonyl (C=O) groups is 1. The number of hydrogen-bond donors (Lipinski definition) is 2. The fourth-order valence-electron chi connectivity index (χ4n) is 3.97. The molecule has 5 nitrogen and oxygen atoms in total. The SMILES string of the molecule is Cl.O=C1CCc2ccc(S(=O)(=O)NCC3NCCC3C3CC3)cc21. The molecule has 24 heavy (non-hydrogen) atoms. The molecule has 0 amide bonds. The lowest BCUT2D eigenvalue weighted by Crippen LogP contribution is -2.41. The minimum Gasteiger partial charge on any atom is -0.312 e. The van der Waals surface area contributed by atoms with E-state index in [0.717, 1.165) is 30.9 Å². The summed E-state index contributed by atoms with van der Waals surface area (Å²) >= 11 is 0. The lowest BCUT2D eigenvalue weighted by molar-refractivity contribution is 0.0994. The normalized spacial score (nSPS) is 26.2. The summed E-state index contributed by atoms with van der Waals surface area (Å²) in [6, 6.07) is 5.15. The van der Waals surface area contributed by atoms with Gasteiger partial charge in [0, 0.05) is 24.6 Å². The van der Waals surface area contributed by atoms with E-state index < -0.39 is 10.0 Å². The van der Waals surface area contributed by atoms with Crippen molar-refractivity contribution >= 4 is 28.2 Å². The highest BCUT2D eigenvalue weighted by molar-refractivity contribution is 7.89. The predicted molar refractivity (Wildman–Crippen MR) is 94.2 cm³/mol. The number of benzene rings is 1. The van der Waals surface area contributed by atoms with Crippen LogP contribution in [0.25, 0.3) is 0 Å². The molecular weight excluding hydrogens is 348 g/mol. The number of aryl methyl sites for hydroxylation is 1. The maximum Gasteiger partial charge on any atom is 0.240 e. The number of carbonyl (C=O) groups excluding carboxylic acids is 1. The Morgan fingerprint density at radius 1 is 1.17 bits per heavy atom. The van der Waals surface area contributed by atoms with Crippen LogP contribution in [0.2, 0.25) is 0 Å². The van der Waals surface area contributed by atoms with E-state index in [-0.39, 0.29) is 29.1 Å². The monoisotopic (exact) mass is 370 g/mol. The van der Waals surface area contributed by atoms with E-state index in [4.69, 9.17) is 0 Å². The van der Waals surface area contributed by atoms with E-state index in [1.807, 2.05) is 0 Å². The second-order valence-corrected chi connectivity index (χ2v) is 8.71. The summed E-state index contributed by atoms with van der Waals surface area (Å²) in [7, 11) is -3.56. The summed E-state index contributed by atoms with van der Waals surface area (Å²) in [4.78, 5) is 12.0. The van der Waals surface area contributed by atoms with Gasteiger partial charge in [0.1, 0.15) is 0 Å². The van der Waals surface area contributed by atoms with Crippen molar-refractivity contribution < 1.29 is 13.2 Å². The maximum atomic E-state index is 12.5. The van der Waals surface area contributed by atoms with Crippen LogP contribution in [0.4, 0.5) is 0 Å². The van der Waals surface area contributed by atoms with Gasteiger partial charge in [-0.2, -0.15) is 0 Å². The molecule has 2 atom stereocenters. The van der Waals surface area contributed by atoms with Crippen LogP contribution in [0.15, 0.2) is 23.1 Å². The van der Waals surface area contributed by atoms with Crippen molar-refractivity contribution in [3.05, 3.63) is 29.3 Å². The summed E-state index contributed by atoms with van der Waals surface area (Å²) in [6.07, 6.45) is 4.91. The van der Waals surface area contributed by atoms with Crippen LogP contribution >= 0.6 is 12.4 Å². The first-order valence-corrected chi connectivity index (χ1v) is 9.92. The quantitative estimate of drug-likeness (QED) is 0.830. The van der Waals surface area contributed by atoms with E-state index in [2.05, 4.69) is 10.0 Å². The Morgan fingerprint density at radius 3 is 2.71 bits per heavy atom. The lowest BCUT2D eigenvalue weighted by atomic mass is 9.95. The molecule has 3 aliphatic rings. The Balaban J connectivity index is 0.00000169. The van der Waals surface area contributed by atoms with Crippen molar-refractivity contribution in [2.45, 2.75) is 43.0 Å². The molecule has 2 aliphatic carbocycles. The molecule has 2 unspecified atom stereocenters. The molecule has 2 fully saturated rings. The molecule has 0 bridgehead atoms. The summed E-state index contributed by atoms with van der Waals surface area (Å²) in [5.41, 5.74) is 1.53. The highest BCUT2D eigenvalue weighted by Crippen LogP contribution is 2.41. The van der Waals surface area contributed by atoms with Crippen LogP contribution in [0.5, 0.6) is 0 Å². The van der Waals surface area contributed by atoms with Gasteiger partial charge in [0.25, 0.3) is 0 Å². The van der Waals surface area contributed by atoms with Gasteiger partial charge in [0.15, 0.2) is 5.78 Å². The van der Waals surface area contributed by atoms with E-state index in [9.17, 15) is 13.2 Å². The number of hydrogen-bond acceptors (Lipinski definition) is 4. The Hall–Kier alpha value is -0.950. The van der Waals surface area contributed by atoms with Crippen LogP contribution < -0.4 is 10.0 Å². The molecule has 0 spiro atoms. The molecule has 2 N–H and O–H groups in total. The zero-order valence-corrected chi connectivity index (χ0v) is 15.1. The third-order valence-corrected chi connectivity index (χ3v) is 6.86. The van der Waals surface area contributed by atoms with Crippen molar-refractivity contribution in [3.63, 3.8) is 0 Å². The molecule has 1 saturated heterocycles. The molecule has 7 heteroatoms. The number of sulfonamides is 1. The average molecular weight is 371 g/mol. The van der Waals surface area contributed by atoms with Crippen LogP contribution in [0, 0.1) is 11.8 Å². The fourth-order valence-corrected chi connectivity index (χ4v) is 5.05. The Bertz CT molecular complexity index is 746. The minimum atomic E-state index is -3.56. The van der Waals surface area contributed by atoms with Gasteiger partial charge >= 0.3 is 0 Å². The van der Waals surface area contributed by atoms with Gasteiger partial charge in [-0.1, -0.05) is 6.07 Å². The van der Waals surface area contributed by atoms with Gasteiger partial charge in [-0.3, -0.25) is 4.79 Å². The molecule has 1 saturated carbocycles. The van der Waals surface area contributed by atoms with Crippen LogP contribution in [0.3, 0.4) is 0 Å². The standard InChI is InChI=1S/C17H22N2O3S.ClH/c20-17-6-4-12-3-5-13(9-15(12)17)23(21,22)19-10-16-14(7-8-18-16)11-1-2-11;/h3,5,9,11,14,16,18-19H,1-2,4,6-8,10H2;1H. The van der Waals surface area contributed by atoms with Gasteiger partial charge in [-0.05, 0) is 61.8 Å². The number of fused-ring (bicyclic) bond motifs is 1. The van der Waals surface area contributed by atoms with Crippen LogP contribution in [0.1, 0.15) is 41.6 Å². The molecule has 1 aromatic carbocycles. The zero-order chi connectivity index (χ0) is 16.0. The van der Waals surface area contributed by atoms with E-state index in [0.29, 0.717) is 24.4 Å². The fraction of sp³-hybridized carbons (Fsp3) is 0.588. The number of ketones is 1. The second kappa shape index (κ2) is 6.75. The highest BCUT2D eigenvalue weighted by Gasteiger charge is 2.39. The van der Waals surface area contributed by atoms with Crippen LogP contribution in [-0.2, 0) is 16.4 Å². The summed E-state index contributed by atoms with van der Waals surface area (Å²) in [5.74, 6) is 1.42. The summed E-state index contributed by atoms with van der Waals surface area (Å²) in [5, 5.41) is 3.42. The number of nitrogens with one attached hydrogen (secondary N) is 2. The lowest BCUT2D eigenvalue weighted by Gasteiger charge is -2.19. The van der Waals surface area contributed by atoms with Crippen molar-refractivity contribution in [2.24, 2.45) is 11.8 Å². The topological polar surface area (TPSA) is 75.3 Å². The largest absolute Gasteiger partial charge is 0.312 e. The summed E-state index contributed by atoms with van der Waals surface area (Å²) in [6.45, 7) is 1.40. The van der Waals surface area contributed by atoms with Crippen molar-refractivity contribution in [1.29, 1.82) is 0 Å². The Labute approximate surface area is 149 Å². The third kappa shape index (κ3) is 3.38. The predicted octanol–water partition coefficient (Wildman–Crippen LogP) is 1.90. The first kappa shape index (κ1) is 17.9. The minimum absolute atomic E-state index is 0. The number of Topliss-reactive ketones (excluding diaryl/α,β-unsaturated/α-hetero) is 1. The van der Waals surface area contributed by atoms with Gasteiger partial charge in [-0.15, -0.1) is 12.4 Å². The van der Waals surface area contributed by atoms with Crippen LogP contribution in [-0.4, -0.2) is 33.3 Å². The maximum absolute atomic E-state index is 12.5.